The van der Waals surface area contributed by atoms with Crippen LogP contribution in [0, 0.1) is 11.3 Å². The first-order chi connectivity index (χ1) is 16.5. The van der Waals surface area contributed by atoms with E-state index in [9.17, 15) is 18.0 Å². The van der Waals surface area contributed by atoms with Crippen molar-refractivity contribution in [2.24, 2.45) is 11.3 Å². The molecule has 1 aliphatic carbocycles. The van der Waals surface area contributed by atoms with Gasteiger partial charge < -0.3 is 14.8 Å². The van der Waals surface area contributed by atoms with Crippen LogP contribution in [0.1, 0.15) is 43.9 Å². The molecule has 1 N–H and O–H groups in total. The number of nitrogens with zero attached hydrogens (tertiary/aromatic N) is 1. The number of ether oxygens (including phenoxy) is 2. The van der Waals surface area contributed by atoms with Gasteiger partial charge in [0.2, 0.25) is 0 Å². The van der Waals surface area contributed by atoms with E-state index >= 15 is 0 Å². The number of hydrogen-bond acceptors (Lipinski definition) is 4. The topological polar surface area (TPSA) is 50.8 Å². The number of halogens is 4. The van der Waals surface area contributed by atoms with E-state index in [1.54, 1.807) is 0 Å². The normalized spacial score (nSPS) is 26.8. The highest BCUT2D eigenvalue weighted by Crippen LogP contribution is 2.47. The molecule has 1 unspecified atom stereocenters. The molecule has 1 amide bonds. The van der Waals surface area contributed by atoms with Gasteiger partial charge in [-0.05, 0) is 78.6 Å². The molecule has 35 heavy (non-hydrogen) atoms. The second-order valence-corrected chi connectivity index (χ2v) is 10.8. The molecular weight excluding hydrogens is 481 g/mol. The second kappa shape index (κ2) is 8.89. The molecule has 9 heteroatoms. The number of alkyl carbamates (subject to hydrolysis) is 1. The summed E-state index contributed by atoms with van der Waals surface area (Å²) in [6, 6.07) is 9.28. The summed E-state index contributed by atoms with van der Waals surface area (Å²) in [4.78, 5) is 15.2. The zero-order valence-corrected chi connectivity index (χ0v) is 20.4. The summed E-state index contributed by atoms with van der Waals surface area (Å²) in [7, 11) is 0. The highest BCUT2D eigenvalue weighted by atomic mass is 35.5. The Bertz CT molecular complexity index is 1130. The summed E-state index contributed by atoms with van der Waals surface area (Å²) in [6.45, 7) is 7.11. The number of fused-ring (bicyclic) bond motifs is 4. The van der Waals surface area contributed by atoms with Crippen molar-refractivity contribution in [2.75, 3.05) is 19.6 Å². The van der Waals surface area contributed by atoms with Gasteiger partial charge in [-0.2, -0.15) is 0 Å². The lowest BCUT2D eigenvalue weighted by atomic mass is 9.85. The third-order valence-corrected chi connectivity index (χ3v) is 7.81. The van der Waals surface area contributed by atoms with Crippen LogP contribution in [0.2, 0.25) is 5.02 Å². The van der Waals surface area contributed by atoms with Crippen molar-refractivity contribution >= 4 is 17.7 Å². The van der Waals surface area contributed by atoms with Gasteiger partial charge in [-0.3, -0.25) is 4.90 Å². The van der Waals surface area contributed by atoms with Crippen molar-refractivity contribution in [3.8, 4) is 16.9 Å². The average molecular weight is 509 g/mol. The zero-order chi connectivity index (χ0) is 25.0. The van der Waals surface area contributed by atoms with Gasteiger partial charge in [-0.1, -0.05) is 43.6 Å². The quantitative estimate of drug-likeness (QED) is 0.523. The number of carbonyl (C=O) groups excluding carboxylic acids is 1. The van der Waals surface area contributed by atoms with Gasteiger partial charge in [0.05, 0.1) is 6.04 Å². The van der Waals surface area contributed by atoms with Crippen LogP contribution in [0.4, 0.5) is 18.0 Å². The number of benzene rings is 2. The fourth-order valence-electron chi connectivity index (χ4n) is 5.75. The summed E-state index contributed by atoms with van der Waals surface area (Å²) in [5.74, 6) is 0.103. The van der Waals surface area contributed by atoms with E-state index in [1.807, 2.05) is 18.2 Å². The van der Waals surface area contributed by atoms with Crippen molar-refractivity contribution in [1.29, 1.82) is 0 Å². The Balaban J connectivity index is 1.34. The molecule has 2 atom stereocenters. The molecule has 3 aliphatic heterocycles. The first kappa shape index (κ1) is 24.3. The van der Waals surface area contributed by atoms with Crippen LogP contribution >= 0.6 is 11.6 Å². The van der Waals surface area contributed by atoms with Gasteiger partial charge >= 0.3 is 12.5 Å². The van der Waals surface area contributed by atoms with E-state index in [4.69, 9.17) is 16.3 Å². The number of amides is 1. The molecule has 3 saturated heterocycles. The Morgan fingerprint density at radius 1 is 1.14 bits per heavy atom. The van der Waals surface area contributed by atoms with Crippen LogP contribution in [0.25, 0.3) is 11.1 Å². The summed E-state index contributed by atoms with van der Waals surface area (Å²) >= 11 is 6.31. The molecule has 0 saturated carbocycles. The molecule has 2 bridgehead atoms. The van der Waals surface area contributed by atoms with Crippen molar-refractivity contribution in [2.45, 2.75) is 51.6 Å². The molecule has 0 radical (unpaired) electrons. The van der Waals surface area contributed by atoms with E-state index in [-0.39, 0.29) is 23.3 Å². The van der Waals surface area contributed by atoms with Gasteiger partial charge in [0.1, 0.15) is 11.9 Å². The van der Waals surface area contributed by atoms with E-state index in [0.29, 0.717) is 28.5 Å². The molecule has 0 aromatic heterocycles. The molecule has 6 rings (SSSR count). The Labute approximate surface area is 207 Å². The Morgan fingerprint density at radius 2 is 1.89 bits per heavy atom. The van der Waals surface area contributed by atoms with Crippen LogP contribution in [0.5, 0.6) is 5.75 Å². The largest absolute Gasteiger partial charge is 0.573 e. The number of hydrogen-bond donors (Lipinski definition) is 1. The number of nitrogens with one attached hydrogen (secondary N) is 1. The van der Waals surface area contributed by atoms with Gasteiger partial charge in [-0.15, -0.1) is 13.2 Å². The van der Waals surface area contributed by atoms with Gasteiger partial charge in [0.25, 0.3) is 0 Å². The van der Waals surface area contributed by atoms with Gasteiger partial charge in [-0.25, -0.2) is 4.79 Å². The number of rotatable bonds is 4. The van der Waals surface area contributed by atoms with Crippen molar-refractivity contribution in [3.63, 3.8) is 0 Å². The Morgan fingerprint density at radius 3 is 2.54 bits per heavy atom. The molecule has 3 fully saturated rings. The Hall–Kier alpha value is -2.45. The summed E-state index contributed by atoms with van der Waals surface area (Å²) in [6.07, 6.45) is -2.44. The maximum absolute atomic E-state index is 12.9. The molecule has 3 heterocycles. The van der Waals surface area contributed by atoms with Crippen LogP contribution in [0.3, 0.4) is 0 Å². The maximum atomic E-state index is 12.9. The van der Waals surface area contributed by atoms with E-state index in [2.05, 4.69) is 28.8 Å². The fourth-order valence-corrected chi connectivity index (χ4v) is 5.98. The summed E-state index contributed by atoms with van der Waals surface area (Å²) < 4.78 is 47.9. The summed E-state index contributed by atoms with van der Waals surface area (Å²) in [5.41, 5.74) is 2.86. The van der Waals surface area contributed by atoms with Crippen LogP contribution in [0.15, 0.2) is 36.4 Å². The van der Waals surface area contributed by atoms with Crippen LogP contribution in [-0.2, 0) is 11.2 Å². The molecule has 2 aromatic carbocycles. The lowest BCUT2D eigenvalue weighted by molar-refractivity contribution is -0.274. The highest BCUT2D eigenvalue weighted by Gasteiger charge is 2.42. The first-order valence-corrected chi connectivity index (χ1v) is 12.2. The Kier molecular flexibility index (Phi) is 6.16. The van der Waals surface area contributed by atoms with Crippen molar-refractivity contribution in [3.05, 3.63) is 52.5 Å². The standard InChI is InChI=1S/C26H28ClF3N2O3/c1-25(2)13-17-11-16(20-12-18(4-6-21(20)27)35-26(28,29)30)3-5-19(17)23(25)31-24(33)34-22-14-32-9-7-15(22)8-10-32/h3-6,11-12,15,22-23H,7-10,13-14H2,1-2H3,(H,31,33)/t22-,23?/m1/s1. The minimum absolute atomic E-state index is 0.0720. The molecule has 5 nitrogen and oxygen atoms in total. The molecule has 0 spiro atoms. The zero-order valence-electron chi connectivity index (χ0n) is 19.6. The lowest BCUT2D eigenvalue weighted by Gasteiger charge is -2.44. The lowest BCUT2D eigenvalue weighted by Crippen LogP contribution is -2.53. The minimum atomic E-state index is -4.78. The second-order valence-electron chi connectivity index (χ2n) is 10.4. The van der Waals surface area contributed by atoms with E-state index < -0.39 is 12.5 Å². The molecule has 2 aromatic rings. The monoisotopic (exact) mass is 508 g/mol. The fraction of sp³-hybridized carbons (Fsp3) is 0.500. The molecular formula is C26H28ClF3N2O3. The van der Waals surface area contributed by atoms with Gasteiger partial charge in [0, 0.05) is 17.1 Å². The van der Waals surface area contributed by atoms with E-state index in [0.717, 1.165) is 43.6 Å². The van der Waals surface area contributed by atoms with E-state index in [1.165, 1.54) is 18.2 Å². The number of carbonyl (C=O) groups is 1. The number of alkyl halides is 3. The molecule has 188 valence electrons. The first-order valence-electron chi connectivity index (χ1n) is 11.9. The predicted octanol–water partition coefficient (Wildman–Crippen LogP) is 6.35. The number of piperidine rings is 3. The van der Waals surface area contributed by atoms with Crippen LogP contribution in [-0.4, -0.2) is 43.1 Å². The highest BCUT2D eigenvalue weighted by molar-refractivity contribution is 6.33. The van der Waals surface area contributed by atoms with Crippen molar-refractivity contribution < 1.29 is 27.4 Å². The van der Waals surface area contributed by atoms with Crippen molar-refractivity contribution in [1.82, 2.24) is 10.2 Å². The smallest absolute Gasteiger partial charge is 0.445 e. The third kappa shape index (κ3) is 5.09. The van der Waals surface area contributed by atoms with Crippen LogP contribution < -0.4 is 10.1 Å². The average Bonchev–Trinajstić information content (AvgIpc) is 3.03. The van der Waals surface area contributed by atoms with Gasteiger partial charge in [0.15, 0.2) is 0 Å². The maximum Gasteiger partial charge on any atom is 0.573 e. The molecule has 4 aliphatic rings. The SMILES string of the molecule is CC1(C)Cc2cc(-c3cc(OC(F)(F)F)ccc3Cl)ccc2C1NC(=O)O[C@@H]1CN2CCC1CC2. The predicted molar refractivity (Wildman–Crippen MR) is 126 cm³/mol. The summed E-state index contributed by atoms with van der Waals surface area (Å²) in [5, 5.41) is 3.41. The third-order valence-electron chi connectivity index (χ3n) is 7.48. The minimum Gasteiger partial charge on any atom is -0.445 e.